The third kappa shape index (κ3) is 10.6. The van der Waals surface area contributed by atoms with E-state index in [9.17, 15) is 9.59 Å². The van der Waals surface area contributed by atoms with Crippen LogP contribution in [0.3, 0.4) is 0 Å². The van der Waals surface area contributed by atoms with Crippen LogP contribution in [0.15, 0.2) is 79.4 Å². The standard InChI is InChI=1S/C16H18N2O.C11H20N2O.C3H6/c1-12(17)16(19)18-11-13-7-9-15(10-8-13)14-5-3-2-4-6-14;1-3-5-9(2)10-6-4-7-13(10)11(14)8-12;1-3-2/h2-10,12H,11,17H2,1H3,(H,18,19);3,5,9-10H,4,6-8,12H2,1-2H3;3H,1H2,2H3/b;5-3-;. The van der Waals surface area contributed by atoms with E-state index in [0.29, 0.717) is 18.5 Å². The molecule has 1 aliphatic heterocycles. The monoisotopic (exact) mass is 492 g/mol. The smallest absolute Gasteiger partial charge is 0.236 e. The predicted octanol–water partition coefficient (Wildman–Crippen LogP) is 4.66. The van der Waals surface area contributed by atoms with Gasteiger partial charge < -0.3 is 21.7 Å². The summed E-state index contributed by atoms with van der Waals surface area (Å²) in [6, 6.07) is 18.2. The molecule has 1 saturated heterocycles. The number of carbonyl (C=O) groups is 2. The van der Waals surface area contributed by atoms with Crippen molar-refractivity contribution in [2.75, 3.05) is 13.1 Å². The number of likely N-dealkylation sites (tertiary alicyclic amines) is 1. The molecule has 0 saturated carbocycles. The van der Waals surface area contributed by atoms with Crippen LogP contribution in [0.1, 0.15) is 46.1 Å². The molecule has 0 aromatic heterocycles. The Morgan fingerprint density at radius 1 is 1.08 bits per heavy atom. The second kappa shape index (κ2) is 17.2. The predicted molar refractivity (Wildman–Crippen MR) is 151 cm³/mol. The van der Waals surface area contributed by atoms with Crippen LogP contribution in [0.4, 0.5) is 0 Å². The van der Waals surface area contributed by atoms with Gasteiger partial charge in [-0.15, -0.1) is 6.58 Å². The highest BCUT2D eigenvalue weighted by Crippen LogP contribution is 2.24. The van der Waals surface area contributed by atoms with E-state index in [4.69, 9.17) is 11.5 Å². The van der Waals surface area contributed by atoms with Gasteiger partial charge in [-0.25, -0.2) is 0 Å². The van der Waals surface area contributed by atoms with Gasteiger partial charge >= 0.3 is 0 Å². The Balaban J connectivity index is 0.000000337. The lowest BCUT2D eigenvalue weighted by Gasteiger charge is -2.27. The highest BCUT2D eigenvalue weighted by molar-refractivity contribution is 5.81. The van der Waals surface area contributed by atoms with Crippen molar-refractivity contribution in [2.24, 2.45) is 17.4 Å². The van der Waals surface area contributed by atoms with Crippen molar-refractivity contribution in [3.05, 3.63) is 85.0 Å². The summed E-state index contributed by atoms with van der Waals surface area (Å²) in [5, 5.41) is 2.79. The second-order valence-electron chi connectivity index (χ2n) is 8.86. The lowest BCUT2D eigenvalue weighted by molar-refractivity contribution is -0.131. The number of hydrogen-bond donors (Lipinski definition) is 3. The number of allylic oxidation sites excluding steroid dienone is 2. The van der Waals surface area contributed by atoms with Crippen LogP contribution in [0.5, 0.6) is 0 Å². The SMILES string of the molecule is C/C=C\C(C)C1CCCN1C(=O)CN.C=CC.CC(N)C(=O)NCc1ccc(-c2ccccc2)cc1. The zero-order valence-corrected chi connectivity index (χ0v) is 22.3. The van der Waals surface area contributed by atoms with Crippen molar-refractivity contribution in [3.63, 3.8) is 0 Å². The van der Waals surface area contributed by atoms with Crippen LogP contribution in [0.2, 0.25) is 0 Å². The van der Waals surface area contributed by atoms with Gasteiger partial charge in [0.25, 0.3) is 0 Å². The van der Waals surface area contributed by atoms with Gasteiger partial charge in [-0.3, -0.25) is 9.59 Å². The molecule has 2 aromatic rings. The lowest BCUT2D eigenvalue weighted by atomic mass is 9.99. The van der Waals surface area contributed by atoms with Crippen molar-refractivity contribution in [1.82, 2.24) is 10.2 Å². The summed E-state index contributed by atoms with van der Waals surface area (Å²) in [7, 11) is 0. The average Bonchev–Trinajstić information content (AvgIpc) is 3.39. The van der Waals surface area contributed by atoms with Crippen molar-refractivity contribution in [1.29, 1.82) is 0 Å². The molecule has 2 aromatic carbocycles. The molecule has 1 heterocycles. The third-order valence-corrected chi connectivity index (χ3v) is 5.84. The molecule has 2 amide bonds. The molecular formula is C30H44N4O2. The summed E-state index contributed by atoms with van der Waals surface area (Å²) in [4.78, 5) is 24.8. The van der Waals surface area contributed by atoms with Crippen LogP contribution < -0.4 is 16.8 Å². The Kier molecular flexibility index (Phi) is 14.8. The first-order chi connectivity index (χ1) is 17.3. The minimum Gasteiger partial charge on any atom is -0.351 e. The van der Waals surface area contributed by atoms with Gasteiger partial charge in [0.05, 0.1) is 12.6 Å². The zero-order chi connectivity index (χ0) is 26.9. The first-order valence-corrected chi connectivity index (χ1v) is 12.7. The summed E-state index contributed by atoms with van der Waals surface area (Å²) in [6.45, 7) is 12.6. The fraction of sp³-hybridized carbons (Fsp3) is 0.400. The lowest BCUT2D eigenvalue weighted by Crippen LogP contribution is -2.42. The number of amides is 2. The van der Waals surface area contributed by atoms with E-state index in [1.54, 1.807) is 13.0 Å². The van der Waals surface area contributed by atoms with E-state index in [2.05, 4.69) is 49.2 Å². The van der Waals surface area contributed by atoms with Gasteiger partial charge in [-0.1, -0.05) is 79.7 Å². The molecule has 0 bridgehead atoms. The number of nitrogens with two attached hydrogens (primary N) is 2. The van der Waals surface area contributed by atoms with Gasteiger partial charge in [-0.2, -0.15) is 0 Å². The van der Waals surface area contributed by atoms with Crippen LogP contribution in [-0.4, -0.2) is 41.9 Å². The van der Waals surface area contributed by atoms with E-state index in [-0.39, 0.29) is 18.4 Å². The molecule has 3 unspecified atom stereocenters. The fourth-order valence-corrected chi connectivity index (χ4v) is 3.99. The van der Waals surface area contributed by atoms with Crippen molar-refractivity contribution >= 4 is 11.8 Å². The van der Waals surface area contributed by atoms with Crippen LogP contribution in [-0.2, 0) is 16.1 Å². The Bertz CT molecular complexity index is 939. The minimum absolute atomic E-state index is 0.0869. The van der Waals surface area contributed by atoms with Gasteiger partial charge in [0, 0.05) is 19.1 Å². The van der Waals surface area contributed by atoms with Crippen molar-refractivity contribution in [3.8, 4) is 11.1 Å². The Morgan fingerprint density at radius 3 is 2.19 bits per heavy atom. The van der Waals surface area contributed by atoms with Crippen LogP contribution in [0, 0.1) is 5.92 Å². The van der Waals surface area contributed by atoms with Gasteiger partial charge in [0.1, 0.15) is 0 Å². The van der Waals surface area contributed by atoms with E-state index < -0.39 is 6.04 Å². The number of hydrogen-bond acceptors (Lipinski definition) is 4. The molecular weight excluding hydrogens is 448 g/mol. The minimum atomic E-state index is -0.469. The summed E-state index contributed by atoms with van der Waals surface area (Å²) in [5.41, 5.74) is 14.3. The molecule has 36 heavy (non-hydrogen) atoms. The van der Waals surface area contributed by atoms with Crippen molar-refractivity contribution < 1.29 is 9.59 Å². The maximum absolute atomic E-state index is 11.5. The fourth-order valence-electron chi connectivity index (χ4n) is 3.99. The number of rotatable bonds is 7. The third-order valence-electron chi connectivity index (χ3n) is 5.84. The first-order valence-electron chi connectivity index (χ1n) is 12.7. The molecule has 3 rings (SSSR count). The van der Waals surface area contributed by atoms with Gasteiger partial charge in [-0.05, 0) is 56.2 Å². The number of carbonyl (C=O) groups excluding carboxylic acids is 2. The molecule has 0 radical (unpaired) electrons. The Hall–Kier alpha value is -3.22. The molecule has 6 nitrogen and oxygen atoms in total. The topological polar surface area (TPSA) is 101 Å². The second-order valence-corrected chi connectivity index (χ2v) is 8.86. The van der Waals surface area contributed by atoms with E-state index in [0.717, 1.165) is 24.9 Å². The average molecular weight is 493 g/mol. The molecule has 196 valence electrons. The van der Waals surface area contributed by atoms with E-state index in [1.165, 1.54) is 11.1 Å². The Morgan fingerprint density at radius 2 is 1.67 bits per heavy atom. The molecule has 3 atom stereocenters. The van der Waals surface area contributed by atoms with Gasteiger partial charge in [0.15, 0.2) is 0 Å². The molecule has 6 heteroatoms. The molecule has 1 aliphatic rings. The first kappa shape index (κ1) is 30.8. The molecule has 1 fully saturated rings. The summed E-state index contributed by atoms with van der Waals surface area (Å²) in [5.74, 6) is 0.397. The molecule has 0 spiro atoms. The summed E-state index contributed by atoms with van der Waals surface area (Å²) in [6.07, 6.45) is 8.18. The summed E-state index contributed by atoms with van der Waals surface area (Å²) < 4.78 is 0. The highest BCUT2D eigenvalue weighted by atomic mass is 16.2. The van der Waals surface area contributed by atoms with Crippen molar-refractivity contribution in [2.45, 2.75) is 59.2 Å². The highest BCUT2D eigenvalue weighted by Gasteiger charge is 2.30. The van der Waals surface area contributed by atoms with E-state index >= 15 is 0 Å². The van der Waals surface area contributed by atoms with Crippen LogP contribution in [0.25, 0.3) is 11.1 Å². The zero-order valence-electron chi connectivity index (χ0n) is 22.3. The number of nitrogens with one attached hydrogen (secondary N) is 1. The number of benzene rings is 2. The Labute approximate surface area is 217 Å². The van der Waals surface area contributed by atoms with E-state index in [1.807, 2.05) is 55.2 Å². The molecule has 5 N–H and O–H groups in total. The molecule has 0 aliphatic carbocycles. The summed E-state index contributed by atoms with van der Waals surface area (Å²) >= 11 is 0. The van der Waals surface area contributed by atoms with Gasteiger partial charge in [0.2, 0.25) is 11.8 Å². The normalized spacial score (nSPS) is 16.2. The quantitative estimate of drug-likeness (QED) is 0.489. The maximum Gasteiger partial charge on any atom is 0.236 e. The van der Waals surface area contributed by atoms with Crippen LogP contribution >= 0.6 is 0 Å². The maximum atomic E-state index is 11.5. The largest absolute Gasteiger partial charge is 0.351 e. The number of nitrogens with zero attached hydrogens (tertiary/aromatic N) is 1.